The van der Waals surface area contributed by atoms with Crippen LogP contribution in [0, 0.1) is 0 Å². The number of nitrogens with zero attached hydrogens (tertiary/aromatic N) is 2. The zero-order valence-corrected chi connectivity index (χ0v) is 16.2. The third-order valence-electron chi connectivity index (χ3n) is 4.53. The Kier molecular flexibility index (Phi) is 6.68. The van der Waals surface area contributed by atoms with Gasteiger partial charge in [-0.15, -0.1) is 0 Å². The van der Waals surface area contributed by atoms with E-state index in [1.807, 2.05) is 41.1 Å². The van der Waals surface area contributed by atoms with Crippen molar-refractivity contribution in [2.24, 2.45) is 0 Å². The number of nitrogens with one attached hydrogen (secondary N) is 1. The van der Waals surface area contributed by atoms with Gasteiger partial charge < -0.3 is 19.4 Å². The molecule has 0 radical (unpaired) electrons. The van der Waals surface area contributed by atoms with Crippen LogP contribution in [0.5, 0.6) is 11.5 Å². The van der Waals surface area contributed by atoms with Gasteiger partial charge in [0.05, 0.1) is 20.5 Å². The van der Waals surface area contributed by atoms with Crippen molar-refractivity contribution in [1.29, 1.82) is 0 Å². The number of ether oxygens (including phenoxy) is 2. The molecule has 1 aromatic heterocycles. The number of aromatic nitrogens is 2. The molecular formula is C22H25N3O3. The molecular weight excluding hydrogens is 354 g/mol. The fourth-order valence-corrected chi connectivity index (χ4v) is 2.94. The lowest BCUT2D eigenvalue weighted by atomic mass is 10.1. The number of amides is 1. The Bertz CT molecular complexity index is 890. The number of hydrogen-bond donors (Lipinski definition) is 1. The van der Waals surface area contributed by atoms with E-state index in [0.29, 0.717) is 30.9 Å². The molecule has 2 aromatic carbocycles. The molecule has 0 bridgehead atoms. The van der Waals surface area contributed by atoms with Crippen LogP contribution >= 0.6 is 0 Å². The molecule has 0 saturated carbocycles. The van der Waals surface area contributed by atoms with Gasteiger partial charge in [0.15, 0.2) is 11.5 Å². The van der Waals surface area contributed by atoms with E-state index < -0.39 is 0 Å². The largest absolute Gasteiger partial charge is 0.493 e. The fraction of sp³-hybridized carbons (Fsp3) is 0.273. The van der Waals surface area contributed by atoms with Crippen molar-refractivity contribution < 1.29 is 14.3 Å². The summed E-state index contributed by atoms with van der Waals surface area (Å²) in [5.74, 6) is 1.39. The maximum atomic E-state index is 12.2. The van der Waals surface area contributed by atoms with Gasteiger partial charge in [-0.1, -0.05) is 30.3 Å². The normalized spacial score (nSPS) is 10.5. The Morgan fingerprint density at radius 1 is 1.00 bits per heavy atom. The highest BCUT2D eigenvalue weighted by molar-refractivity contribution is 5.76. The first-order valence-electron chi connectivity index (χ1n) is 9.19. The first kappa shape index (κ1) is 19.5. The summed E-state index contributed by atoms with van der Waals surface area (Å²) in [5.41, 5.74) is 3.31. The third-order valence-corrected chi connectivity index (χ3v) is 4.53. The number of carbonyl (C=O) groups excluding carboxylic acids is 1. The Hall–Kier alpha value is -3.28. The maximum absolute atomic E-state index is 12.2. The van der Waals surface area contributed by atoms with E-state index in [-0.39, 0.29) is 5.91 Å². The van der Waals surface area contributed by atoms with Crippen LogP contribution in [0.2, 0.25) is 0 Å². The lowest BCUT2D eigenvalue weighted by molar-refractivity contribution is -0.121. The molecule has 28 heavy (non-hydrogen) atoms. The minimum atomic E-state index is 0.0253. The average Bonchev–Trinajstić information content (AvgIpc) is 3.24. The predicted octanol–water partition coefficient (Wildman–Crippen LogP) is 3.20. The van der Waals surface area contributed by atoms with Gasteiger partial charge in [0.25, 0.3) is 0 Å². The lowest BCUT2D eigenvalue weighted by Gasteiger charge is -2.10. The Morgan fingerprint density at radius 2 is 1.71 bits per heavy atom. The molecule has 0 saturated heterocycles. The van der Waals surface area contributed by atoms with Gasteiger partial charge in [0.1, 0.15) is 0 Å². The molecule has 0 fully saturated rings. The van der Waals surface area contributed by atoms with Crippen LogP contribution in [0.1, 0.15) is 23.1 Å². The molecule has 1 N–H and O–H groups in total. The van der Waals surface area contributed by atoms with E-state index in [4.69, 9.17) is 9.47 Å². The molecule has 0 spiro atoms. The highest BCUT2D eigenvalue weighted by Crippen LogP contribution is 2.27. The quantitative estimate of drug-likeness (QED) is 0.620. The van der Waals surface area contributed by atoms with Crippen LogP contribution in [0.3, 0.4) is 0 Å². The molecule has 0 aliphatic rings. The summed E-state index contributed by atoms with van der Waals surface area (Å²) in [5, 5.41) is 2.98. The molecule has 0 aliphatic heterocycles. The SMILES string of the molecule is COc1ccc(CCC(=O)NCc2ccc(Cn3ccnc3)cc2)cc1OC. The van der Waals surface area contributed by atoms with Gasteiger partial charge in [-0.3, -0.25) is 4.79 Å². The Labute approximate surface area is 165 Å². The van der Waals surface area contributed by atoms with Gasteiger partial charge in [0, 0.05) is 31.9 Å². The number of benzene rings is 2. The summed E-state index contributed by atoms with van der Waals surface area (Å²) >= 11 is 0. The summed E-state index contributed by atoms with van der Waals surface area (Å²) in [7, 11) is 3.21. The van der Waals surface area contributed by atoms with E-state index in [0.717, 1.165) is 17.7 Å². The molecule has 6 heteroatoms. The van der Waals surface area contributed by atoms with Crippen molar-refractivity contribution in [3.63, 3.8) is 0 Å². The maximum Gasteiger partial charge on any atom is 0.220 e. The van der Waals surface area contributed by atoms with Crippen LogP contribution in [0.25, 0.3) is 0 Å². The average molecular weight is 379 g/mol. The highest BCUT2D eigenvalue weighted by atomic mass is 16.5. The predicted molar refractivity (Wildman–Crippen MR) is 107 cm³/mol. The number of methoxy groups -OCH3 is 2. The van der Waals surface area contributed by atoms with Crippen molar-refractivity contribution >= 4 is 5.91 Å². The van der Waals surface area contributed by atoms with E-state index in [1.165, 1.54) is 5.56 Å². The zero-order valence-electron chi connectivity index (χ0n) is 16.2. The summed E-state index contributed by atoms with van der Waals surface area (Å²) < 4.78 is 12.6. The van der Waals surface area contributed by atoms with Crippen LogP contribution in [-0.2, 0) is 24.3 Å². The molecule has 0 unspecified atom stereocenters. The van der Waals surface area contributed by atoms with Crippen molar-refractivity contribution in [2.75, 3.05) is 14.2 Å². The molecule has 1 amide bonds. The van der Waals surface area contributed by atoms with Crippen LogP contribution < -0.4 is 14.8 Å². The first-order chi connectivity index (χ1) is 13.7. The third kappa shape index (κ3) is 5.36. The molecule has 0 atom stereocenters. The van der Waals surface area contributed by atoms with Crippen LogP contribution in [0.4, 0.5) is 0 Å². The molecule has 146 valence electrons. The number of imidazole rings is 1. The summed E-state index contributed by atoms with van der Waals surface area (Å²) in [6, 6.07) is 14.0. The fourth-order valence-electron chi connectivity index (χ4n) is 2.94. The summed E-state index contributed by atoms with van der Waals surface area (Å²) in [6.45, 7) is 1.31. The minimum absolute atomic E-state index is 0.0253. The first-order valence-corrected chi connectivity index (χ1v) is 9.19. The van der Waals surface area contributed by atoms with Crippen molar-refractivity contribution in [3.8, 4) is 11.5 Å². The number of rotatable bonds is 9. The van der Waals surface area contributed by atoms with Crippen molar-refractivity contribution in [3.05, 3.63) is 77.9 Å². The molecule has 1 heterocycles. The van der Waals surface area contributed by atoms with E-state index in [1.54, 1.807) is 26.7 Å². The van der Waals surface area contributed by atoms with Gasteiger partial charge in [-0.25, -0.2) is 4.98 Å². The molecule has 3 aromatic rings. The summed E-state index contributed by atoms with van der Waals surface area (Å²) in [4.78, 5) is 16.2. The second-order valence-corrected chi connectivity index (χ2v) is 6.52. The van der Waals surface area contributed by atoms with Crippen LogP contribution in [-0.4, -0.2) is 29.7 Å². The summed E-state index contributed by atoms with van der Waals surface area (Å²) in [6.07, 6.45) is 6.58. The monoisotopic (exact) mass is 379 g/mol. The van der Waals surface area contributed by atoms with Crippen LogP contribution in [0.15, 0.2) is 61.2 Å². The van der Waals surface area contributed by atoms with E-state index >= 15 is 0 Å². The van der Waals surface area contributed by atoms with Crippen molar-refractivity contribution in [1.82, 2.24) is 14.9 Å². The number of carbonyl (C=O) groups is 1. The standard InChI is InChI=1S/C22H25N3O3/c1-27-20-9-7-17(13-21(20)28-2)8-10-22(26)24-14-18-3-5-19(6-4-18)15-25-12-11-23-16-25/h3-7,9,11-13,16H,8,10,14-15H2,1-2H3,(H,24,26). The number of hydrogen-bond acceptors (Lipinski definition) is 4. The van der Waals surface area contributed by atoms with Gasteiger partial charge in [-0.2, -0.15) is 0 Å². The van der Waals surface area contributed by atoms with Gasteiger partial charge in [0.2, 0.25) is 5.91 Å². The Balaban J connectivity index is 1.45. The molecule has 6 nitrogen and oxygen atoms in total. The number of aryl methyl sites for hydroxylation is 1. The second kappa shape index (κ2) is 9.60. The van der Waals surface area contributed by atoms with Crippen molar-refractivity contribution in [2.45, 2.75) is 25.9 Å². The molecule has 3 rings (SSSR count). The van der Waals surface area contributed by atoms with E-state index in [2.05, 4.69) is 22.4 Å². The highest BCUT2D eigenvalue weighted by Gasteiger charge is 2.07. The van der Waals surface area contributed by atoms with Gasteiger partial charge >= 0.3 is 0 Å². The topological polar surface area (TPSA) is 65.4 Å². The Morgan fingerprint density at radius 3 is 2.39 bits per heavy atom. The smallest absolute Gasteiger partial charge is 0.220 e. The van der Waals surface area contributed by atoms with Gasteiger partial charge in [-0.05, 0) is 35.2 Å². The zero-order chi connectivity index (χ0) is 19.8. The minimum Gasteiger partial charge on any atom is -0.493 e. The second-order valence-electron chi connectivity index (χ2n) is 6.52. The lowest BCUT2D eigenvalue weighted by Crippen LogP contribution is -2.23. The van der Waals surface area contributed by atoms with E-state index in [9.17, 15) is 4.79 Å². The molecule has 0 aliphatic carbocycles.